The number of ether oxygens (including phenoxy) is 1. The minimum atomic E-state index is -1.06. The molecule has 0 saturated carbocycles. The van der Waals surface area contributed by atoms with Crippen LogP contribution in [0.25, 0.3) is 22.4 Å². The summed E-state index contributed by atoms with van der Waals surface area (Å²) in [6, 6.07) is 23.1. The van der Waals surface area contributed by atoms with Crippen LogP contribution in [0.15, 0.2) is 78.9 Å². The number of hydrogen-bond acceptors (Lipinski definition) is 3. The van der Waals surface area contributed by atoms with Gasteiger partial charge in [0, 0.05) is 38.8 Å². The lowest BCUT2D eigenvalue weighted by atomic mass is 9.87. The van der Waals surface area contributed by atoms with Crippen LogP contribution in [-0.4, -0.2) is 21.8 Å². The second-order valence-electron chi connectivity index (χ2n) is 9.48. The molecule has 0 aliphatic carbocycles. The van der Waals surface area contributed by atoms with E-state index in [-0.39, 0.29) is 0 Å². The molecule has 8 heteroatoms. The molecular weight excluding hydrogens is 531 g/mol. The molecule has 5 nitrogen and oxygen atoms in total. The lowest BCUT2D eigenvalue weighted by molar-refractivity contribution is 0.0652. The topological polar surface area (TPSA) is 62.7 Å². The third-order valence-corrected chi connectivity index (χ3v) is 7.13. The highest BCUT2D eigenvalue weighted by atomic mass is 35.5. The van der Waals surface area contributed by atoms with E-state index < -0.39 is 17.7 Å². The summed E-state index contributed by atoms with van der Waals surface area (Å²) >= 11 is 19.0. The van der Waals surface area contributed by atoms with Crippen LogP contribution in [-0.2, 0) is 0 Å². The summed E-state index contributed by atoms with van der Waals surface area (Å²) < 4.78 is 6.33. The van der Waals surface area contributed by atoms with E-state index in [9.17, 15) is 9.90 Å². The van der Waals surface area contributed by atoms with E-state index >= 15 is 0 Å². The Bertz CT molecular complexity index is 1470. The largest absolute Gasteiger partial charge is 0.471 e. The van der Waals surface area contributed by atoms with E-state index in [0.29, 0.717) is 49.9 Å². The van der Waals surface area contributed by atoms with Gasteiger partial charge in [-0.3, -0.25) is 4.90 Å². The Morgan fingerprint density at radius 1 is 0.946 bits per heavy atom. The standard InChI is InChI=1S/C29H23Cl3N2O3/c1-29(2)16-25(34(28(35)36)20-6-4-3-5-7-20)23-15-22(17-8-10-18(30)11-9-17)26(33-27(23)37-29)21-13-12-19(31)14-24(21)32/h3-15,25H,16H2,1-2H3,(H,35,36). The Morgan fingerprint density at radius 3 is 2.27 bits per heavy atom. The summed E-state index contributed by atoms with van der Waals surface area (Å²) in [6.07, 6.45) is -0.623. The molecule has 4 aromatic rings. The molecule has 1 atom stereocenters. The molecule has 1 aliphatic rings. The highest BCUT2D eigenvalue weighted by molar-refractivity contribution is 6.36. The summed E-state index contributed by atoms with van der Waals surface area (Å²) in [6.45, 7) is 3.86. The summed E-state index contributed by atoms with van der Waals surface area (Å²) in [7, 11) is 0. The number of para-hydroxylation sites is 1. The Hall–Kier alpha value is -3.25. The van der Waals surface area contributed by atoms with Gasteiger partial charge in [-0.2, -0.15) is 0 Å². The molecule has 5 rings (SSSR count). The molecule has 188 valence electrons. The maximum absolute atomic E-state index is 12.6. The maximum Gasteiger partial charge on any atom is 0.412 e. The first-order valence-corrected chi connectivity index (χ1v) is 12.8. The van der Waals surface area contributed by atoms with Crippen LogP contribution in [0, 0.1) is 0 Å². The number of nitrogens with zero attached hydrogens (tertiary/aromatic N) is 2. The van der Waals surface area contributed by atoms with Gasteiger partial charge in [0.1, 0.15) is 5.60 Å². The van der Waals surface area contributed by atoms with E-state index in [2.05, 4.69) is 0 Å². The fourth-order valence-corrected chi connectivity index (χ4v) is 5.31. The van der Waals surface area contributed by atoms with Crippen molar-refractivity contribution in [2.45, 2.75) is 31.9 Å². The van der Waals surface area contributed by atoms with Crippen molar-refractivity contribution < 1.29 is 14.6 Å². The van der Waals surface area contributed by atoms with Crippen molar-refractivity contribution in [3.8, 4) is 28.3 Å². The molecule has 1 N–H and O–H groups in total. The van der Waals surface area contributed by atoms with Crippen LogP contribution in [0.3, 0.4) is 0 Å². The molecule has 0 radical (unpaired) electrons. The average molecular weight is 554 g/mol. The van der Waals surface area contributed by atoms with Gasteiger partial charge in [0.25, 0.3) is 0 Å². The number of anilines is 1. The molecule has 0 saturated heterocycles. The number of carboxylic acid groups (broad SMARTS) is 1. The van der Waals surface area contributed by atoms with Crippen LogP contribution >= 0.6 is 34.8 Å². The number of carbonyl (C=O) groups is 1. The Labute approximate surface area is 230 Å². The molecule has 3 aromatic carbocycles. The van der Waals surface area contributed by atoms with Crippen molar-refractivity contribution in [2.24, 2.45) is 0 Å². The van der Waals surface area contributed by atoms with Crippen molar-refractivity contribution in [1.82, 2.24) is 4.98 Å². The van der Waals surface area contributed by atoms with Gasteiger partial charge in [-0.15, -0.1) is 0 Å². The molecule has 1 amide bonds. The Morgan fingerprint density at radius 2 is 1.62 bits per heavy atom. The zero-order valence-electron chi connectivity index (χ0n) is 20.1. The van der Waals surface area contributed by atoms with Crippen LogP contribution in [0.1, 0.15) is 31.9 Å². The van der Waals surface area contributed by atoms with E-state index in [4.69, 9.17) is 44.5 Å². The molecule has 0 fully saturated rings. The highest BCUT2D eigenvalue weighted by Gasteiger charge is 2.41. The van der Waals surface area contributed by atoms with E-state index in [1.165, 1.54) is 4.90 Å². The monoisotopic (exact) mass is 552 g/mol. The Balaban J connectivity index is 1.77. The number of hydrogen-bond donors (Lipinski definition) is 1. The van der Waals surface area contributed by atoms with E-state index in [1.54, 1.807) is 36.4 Å². The molecule has 2 heterocycles. The first kappa shape index (κ1) is 25.4. The fraction of sp³-hybridized carbons (Fsp3) is 0.172. The summed E-state index contributed by atoms with van der Waals surface area (Å²) in [5.41, 5.74) is 3.47. The van der Waals surface area contributed by atoms with Gasteiger partial charge >= 0.3 is 6.09 Å². The normalized spacial score (nSPS) is 16.0. The SMILES string of the molecule is CC1(C)CC(N(C(=O)O)c2ccccc2)c2cc(-c3ccc(Cl)cc3)c(-c3ccc(Cl)cc3Cl)nc2O1. The van der Waals surface area contributed by atoms with Crippen LogP contribution < -0.4 is 9.64 Å². The number of pyridine rings is 1. The minimum absolute atomic E-state index is 0.363. The number of fused-ring (bicyclic) bond motifs is 1. The van der Waals surface area contributed by atoms with Gasteiger partial charge < -0.3 is 9.84 Å². The van der Waals surface area contributed by atoms with E-state index in [1.807, 2.05) is 56.3 Å². The molecule has 0 bridgehead atoms. The van der Waals surface area contributed by atoms with Crippen LogP contribution in [0.5, 0.6) is 5.88 Å². The first-order chi connectivity index (χ1) is 17.6. The van der Waals surface area contributed by atoms with Crippen LogP contribution in [0.2, 0.25) is 15.1 Å². The summed E-state index contributed by atoms with van der Waals surface area (Å²) in [5, 5.41) is 11.9. The molecule has 0 spiro atoms. The van der Waals surface area contributed by atoms with E-state index in [0.717, 1.165) is 11.1 Å². The zero-order chi connectivity index (χ0) is 26.3. The van der Waals surface area contributed by atoms with Crippen molar-refractivity contribution in [1.29, 1.82) is 0 Å². The molecule has 1 aliphatic heterocycles. The van der Waals surface area contributed by atoms with Crippen molar-refractivity contribution in [2.75, 3.05) is 4.90 Å². The zero-order valence-corrected chi connectivity index (χ0v) is 22.3. The second kappa shape index (κ2) is 9.90. The quantitative estimate of drug-likeness (QED) is 0.274. The van der Waals surface area contributed by atoms with Gasteiger partial charge in [-0.1, -0.05) is 65.1 Å². The minimum Gasteiger partial charge on any atom is -0.471 e. The van der Waals surface area contributed by atoms with Gasteiger partial charge in [-0.05, 0) is 67.9 Å². The van der Waals surface area contributed by atoms with Gasteiger partial charge in [0.15, 0.2) is 0 Å². The number of amides is 1. The highest BCUT2D eigenvalue weighted by Crippen LogP contribution is 2.47. The molecular formula is C29H23Cl3N2O3. The first-order valence-electron chi connectivity index (χ1n) is 11.7. The number of aromatic nitrogens is 1. The van der Waals surface area contributed by atoms with Crippen molar-refractivity contribution in [3.05, 3.63) is 99.5 Å². The molecule has 1 unspecified atom stereocenters. The molecule has 37 heavy (non-hydrogen) atoms. The number of halogens is 3. The average Bonchev–Trinajstić information content (AvgIpc) is 2.84. The van der Waals surface area contributed by atoms with Gasteiger partial charge in [0.05, 0.1) is 16.8 Å². The van der Waals surface area contributed by atoms with Gasteiger partial charge in [-0.25, -0.2) is 9.78 Å². The van der Waals surface area contributed by atoms with Gasteiger partial charge in [0.2, 0.25) is 5.88 Å². The fourth-order valence-electron chi connectivity index (χ4n) is 4.69. The van der Waals surface area contributed by atoms with Crippen molar-refractivity contribution in [3.63, 3.8) is 0 Å². The Kier molecular flexibility index (Phi) is 6.80. The summed E-state index contributed by atoms with van der Waals surface area (Å²) in [5.74, 6) is 0.363. The lowest BCUT2D eigenvalue weighted by Gasteiger charge is -2.41. The maximum atomic E-state index is 12.6. The molecule has 1 aromatic heterocycles. The van der Waals surface area contributed by atoms with Crippen molar-refractivity contribution >= 4 is 46.6 Å². The lowest BCUT2D eigenvalue weighted by Crippen LogP contribution is -2.44. The van der Waals surface area contributed by atoms with Crippen LogP contribution in [0.4, 0.5) is 10.5 Å². The predicted octanol–water partition coefficient (Wildman–Crippen LogP) is 9.16. The third-order valence-electron chi connectivity index (χ3n) is 6.33. The number of benzene rings is 3. The number of rotatable bonds is 4. The predicted molar refractivity (Wildman–Crippen MR) is 149 cm³/mol. The third kappa shape index (κ3) is 5.12. The smallest absolute Gasteiger partial charge is 0.412 e. The second-order valence-corrected chi connectivity index (χ2v) is 10.8. The summed E-state index contributed by atoms with van der Waals surface area (Å²) in [4.78, 5) is 18.9.